The number of ether oxygens (including phenoxy) is 1. The lowest BCUT2D eigenvalue weighted by atomic mass is 9.99. The molecule has 0 amide bonds. The topological polar surface area (TPSA) is 63.2 Å². The molecule has 7 heteroatoms. The van der Waals surface area contributed by atoms with E-state index in [0.717, 1.165) is 40.3 Å². The lowest BCUT2D eigenvalue weighted by molar-refractivity contribution is 0.186. The van der Waals surface area contributed by atoms with Crippen LogP contribution in [0.25, 0.3) is 11.3 Å². The number of anilines is 2. The van der Waals surface area contributed by atoms with Crippen molar-refractivity contribution in [1.29, 1.82) is 0 Å². The summed E-state index contributed by atoms with van der Waals surface area (Å²) in [7, 11) is 1.66. The zero-order valence-electron chi connectivity index (χ0n) is 17.2. The molecule has 4 rings (SSSR count). The van der Waals surface area contributed by atoms with Gasteiger partial charge in [-0.25, -0.2) is 4.98 Å². The summed E-state index contributed by atoms with van der Waals surface area (Å²) in [6.07, 6.45) is 2.58. The van der Waals surface area contributed by atoms with Crippen molar-refractivity contribution in [2.45, 2.75) is 33.2 Å². The average Bonchev–Trinajstić information content (AvgIpc) is 3.09. The van der Waals surface area contributed by atoms with Crippen molar-refractivity contribution in [2.75, 3.05) is 25.5 Å². The van der Waals surface area contributed by atoms with Crippen molar-refractivity contribution in [2.24, 2.45) is 5.92 Å². The summed E-state index contributed by atoms with van der Waals surface area (Å²) in [6.45, 7) is 7.78. The number of aryl methyl sites for hydroxylation is 1. The van der Waals surface area contributed by atoms with E-state index in [9.17, 15) is 0 Å². The lowest BCUT2D eigenvalue weighted by Gasteiger charge is -2.29. The van der Waals surface area contributed by atoms with E-state index < -0.39 is 0 Å². The van der Waals surface area contributed by atoms with Crippen molar-refractivity contribution in [3.05, 3.63) is 47.0 Å². The molecule has 3 heterocycles. The number of aromatic nitrogens is 3. The van der Waals surface area contributed by atoms with Gasteiger partial charge >= 0.3 is 0 Å². The third kappa shape index (κ3) is 4.92. The van der Waals surface area contributed by atoms with Gasteiger partial charge in [0.1, 0.15) is 5.75 Å². The minimum Gasteiger partial charge on any atom is -0.497 e. The number of hydrogen-bond donors (Lipinski definition) is 1. The van der Waals surface area contributed by atoms with Gasteiger partial charge in [0, 0.05) is 17.0 Å². The first-order valence-corrected chi connectivity index (χ1v) is 10.9. The molecule has 3 aromatic rings. The van der Waals surface area contributed by atoms with Crippen LogP contribution in [0.2, 0.25) is 0 Å². The summed E-state index contributed by atoms with van der Waals surface area (Å²) in [5.74, 6) is 2.38. The van der Waals surface area contributed by atoms with Gasteiger partial charge in [-0.3, -0.25) is 4.90 Å². The van der Waals surface area contributed by atoms with Crippen LogP contribution in [0.4, 0.5) is 10.9 Å². The van der Waals surface area contributed by atoms with Gasteiger partial charge in [0.25, 0.3) is 0 Å². The molecule has 1 aliphatic heterocycles. The van der Waals surface area contributed by atoms with Crippen molar-refractivity contribution < 1.29 is 4.74 Å². The quantitative estimate of drug-likeness (QED) is 0.625. The maximum atomic E-state index is 5.20. The van der Waals surface area contributed by atoms with Gasteiger partial charge in [-0.1, -0.05) is 6.92 Å². The number of methoxy groups -OCH3 is 1. The molecule has 1 aliphatic rings. The highest BCUT2D eigenvalue weighted by molar-refractivity contribution is 7.15. The molecule has 0 aliphatic carbocycles. The number of nitrogens with one attached hydrogen (secondary N) is 1. The molecule has 6 nitrogen and oxygen atoms in total. The monoisotopic (exact) mass is 409 g/mol. The van der Waals surface area contributed by atoms with E-state index in [1.54, 1.807) is 18.4 Å². The Hall–Kier alpha value is -2.51. The molecule has 2 aromatic heterocycles. The van der Waals surface area contributed by atoms with Crippen LogP contribution < -0.4 is 10.1 Å². The van der Waals surface area contributed by atoms with E-state index >= 15 is 0 Å². The summed E-state index contributed by atoms with van der Waals surface area (Å²) in [6, 6.07) is 11.7. The Bertz CT molecular complexity index is 931. The van der Waals surface area contributed by atoms with Crippen LogP contribution in [0.5, 0.6) is 5.75 Å². The van der Waals surface area contributed by atoms with E-state index in [4.69, 9.17) is 4.74 Å². The fraction of sp³-hybridized carbons (Fsp3) is 0.409. The van der Waals surface area contributed by atoms with Gasteiger partial charge < -0.3 is 10.1 Å². The summed E-state index contributed by atoms with van der Waals surface area (Å²) >= 11 is 1.71. The van der Waals surface area contributed by atoms with Gasteiger partial charge in [-0.15, -0.1) is 21.5 Å². The van der Waals surface area contributed by atoms with Crippen LogP contribution in [0.3, 0.4) is 0 Å². The summed E-state index contributed by atoms with van der Waals surface area (Å²) in [5, 5.41) is 12.8. The first-order chi connectivity index (χ1) is 14.1. The Morgan fingerprint density at radius 1 is 1.10 bits per heavy atom. The molecule has 0 atom stereocenters. The Morgan fingerprint density at radius 2 is 1.86 bits per heavy atom. The molecule has 152 valence electrons. The highest BCUT2D eigenvalue weighted by atomic mass is 32.1. The highest BCUT2D eigenvalue weighted by Gasteiger charge is 2.18. The van der Waals surface area contributed by atoms with Crippen molar-refractivity contribution in [3.63, 3.8) is 0 Å². The van der Waals surface area contributed by atoms with Crippen LogP contribution >= 0.6 is 11.3 Å². The Balaban J connectivity index is 1.40. The lowest BCUT2D eigenvalue weighted by Crippen LogP contribution is -2.32. The zero-order valence-corrected chi connectivity index (χ0v) is 18.0. The highest BCUT2D eigenvalue weighted by Crippen LogP contribution is 2.28. The Labute approximate surface area is 176 Å². The predicted molar refractivity (Wildman–Crippen MR) is 118 cm³/mol. The number of thiazole rings is 1. The van der Waals surface area contributed by atoms with Crippen molar-refractivity contribution in [1.82, 2.24) is 20.1 Å². The predicted octanol–water partition coefficient (Wildman–Crippen LogP) is 4.89. The number of rotatable bonds is 6. The SMILES string of the molecule is COc1ccc(-c2ccc(Nc3nc(C)c(CN4CCC(C)CC4)s3)nn2)cc1. The second kappa shape index (κ2) is 8.88. The standard InChI is InChI=1S/C22H27N5OS/c1-15-10-12-27(13-11-15)14-20-16(2)23-22(29-20)24-21-9-8-19(25-26-21)17-4-6-18(28-3)7-5-17/h4-9,15H,10-14H2,1-3H3,(H,23,24,26). The van der Waals surface area contributed by atoms with E-state index in [0.29, 0.717) is 5.82 Å². The fourth-order valence-electron chi connectivity index (χ4n) is 3.48. The fourth-order valence-corrected chi connectivity index (χ4v) is 4.49. The Kier molecular flexibility index (Phi) is 6.06. The van der Waals surface area contributed by atoms with Crippen LogP contribution in [0.15, 0.2) is 36.4 Å². The molecule has 29 heavy (non-hydrogen) atoms. The number of piperidine rings is 1. The molecule has 1 N–H and O–H groups in total. The number of nitrogens with zero attached hydrogens (tertiary/aromatic N) is 4. The van der Waals surface area contributed by atoms with Crippen LogP contribution in [-0.2, 0) is 6.54 Å². The van der Waals surface area contributed by atoms with Crippen LogP contribution in [-0.4, -0.2) is 40.3 Å². The molecule has 0 saturated carbocycles. The third-order valence-corrected chi connectivity index (χ3v) is 6.48. The third-order valence-electron chi connectivity index (χ3n) is 5.42. The number of benzene rings is 1. The van der Waals surface area contributed by atoms with E-state index in [-0.39, 0.29) is 0 Å². The first kappa shape index (κ1) is 19.8. The van der Waals surface area contributed by atoms with Gasteiger partial charge in [-0.2, -0.15) is 0 Å². The van der Waals surface area contributed by atoms with Crippen molar-refractivity contribution in [3.8, 4) is 17.0 Å². The smallest absolute Gasteiger partial charge is 0.188 e. The largest absolute Gasteiger partial charge is 0.497 e. The minimum absolute atomic E-state index is 0.703. The van der Waals surface area contributed by atoms with Crippen molar-refractivity contribution >= 4 is 22.3 Å². The number of hydrogen-bond acceptors (Lipinski definition) is 7. The summed E-state index contributed by atoms with van der Waals surface area (Å²) in [4.78, 5) is 8.54. The maximum absolute atomic E-state index is 5.20. The molecule has 0 unspecified atom stereocenters. The second-order valence-corrected chi connectivity index (χ2v) is 8.73. The average molecular weight is 410 g/mol. The second-order valence-electron chi connectivity index (χ2n) is 7.64. The van der Waals surface area contributed by atoms with Gasteiger partial charge in [0.2, 0.25) is 0 Å². The zero-order chi connectivity index (χ0) is 20.2. The molecule has 0 radical (unpaired) electrons. The summed E-state index contributed by atoms with van der Waals surface area (Å²) in [5.41, 5.74) is 2.93. The van der Waals surface area contributed by atoms with E-state index in [2.05, 4.69) is 39.2 Å². The van der Waals surface area contributed by atoms with Crippen LogP contribution in [0.1, 0.15) is 30.3 Å². The van der Waals surface area contributed by atoms with Gasteiger partial charge in [0.15, 0.2) is 10.9 Å². The molecule has 1 fully saturated rings. The maximum Gasteiger partial charge on any atom is 0.188 e. The minimum atomic E-state index is 0.703. The van der Waals surface area contributed by atoms with E-state index in [1.807, 2.05) is 36.4 Å². The summed E-state index contributed by atoms with van der Waals surface area (Å²) < 4.78 is 5.20. The molecular formula is C22H27N5OS. The molecule has 1 aromatic carbocycles. The normalized spacial score (nSPS) is 15.4. The van der Waals surface area contributed by atoms with Gasteiger partial charge in [-0.05, 0) is 75.2 Å². The number of likely N-dealkylation sites (tertiary alicyclic amines) is 1. The molecule has 0 spiro atoms. The van der Waals surface area contributed by atoms with Crippen LogP contribution in [0, 0.1) is 12.8 Å². The first-order valence-electron chi connectivity index (χ1n) is 10.0. The molecule has 0 bridgehead atoms. The van der Waals surface area contributed by atoms with E-state index in [1.165, 1.54) is 30.8 Å². The molecule has 1 saturated heterocycles. The van der Waals surface area contributed by atoms with Gasteiger partial charge in [0.05, 0.1) is 18.5 Å². The molecular weight excluding hydrogens is 382 g/mol. The Morgan fingerprint density at radius 3 is 2.52 bits per heavy atom.